The van der Waals surface area contributed by atoms with E-state index in [1.54, 1.807) is 22.8 Å². The van der Waals surface area contributed by atoms with Gasteiger partial charge >= 0.3 is 0 Å². The minimum atomic E-state index is -0.568. The first-order valence-corrected chi connectivity index (χ1v) is 23.3. The second kappa shape index (κ2) is 18.9. The summed E-state index contributed by atoms with van der Waals surface area (Å²) >= 11 is 0. The molecule has 0 saturated heterocycles. The van der Waals surface area contributed by atoms with Crippen LogP contribution in [0.5, 0.6) is 0 Å². The molecule has 6 heteroatoms. The number of benzene rings is 8. The van der Waals surface area contributed by atoms with Crippen LogP contribution in [-0.2, 0) is 26.5 Å². The SMILES string of the molecule is [2H]c1c([2H])c([2H])c(-c2cccc(-c3c([2H])c([2H])c([2H])c([2H])c3[2H])c2-[n+]2[c-]n(-c3[c-]c(N(c4[c-]c5c(cc4)c4ccccc4n5-c4cc(C(C)(C)C)ccn4)c4c(C(C)C)cccc4C(C)C)ccc3)c3ccccc32)c([2H])c1[2H].[Pt]. The van der Waals surface area contributed by atoms with E-state index in [2.05, 4.69) is 137 Å². The van der Waals surface area contributed by atoms with Gasteiger partial charge in [0.1, 0.15) is 5.82 Å². The largest absolute Gasteiger partial charge is 0.358 e. The maximum Gasteiger partial charge on any atom is 0.268 e. The predicted molar refractivity (Wildman–Crippen MR) is 286 cm³/mol. The van der Waals surface area contributed by atoms with Crippen LogP contribution >= 0.6 is 0 Å². The van der Waals surface area contributed by atoms with Crippen molar-refractivity contribution in [1.29, 1.82) is 0 Å². The summed E-state index contributed by atoms with van der Waals surface area (Å²) in [6.07, 6.45) is 5.42. The van der Waals surface area contributed by atoms with Crippen LogP contribution < -0.4 is 9.47 Å². The van der Waals surface area contributed by atoms with Crippen LogP contribution in [0.25, 0.3) is 72.3 Å². The van der Waals surface area contributed by atoms with Gasteiger partial charge in [0.2, 0.25) is 0 Å². The Labute approximate surface area is 440 Å². The van der Waals surface area contributed by atoms with Gasteiger partial charge in [0.25, 0.3) is 6.33 Å². The van der Waals surface area contributed by atoms with Gasteiger partial charge in [0.05, 0.1) is 30.4 Å². The van der Waals surface area contributed by atoms with E-state index in [0.717, 1.165) is 55.7 Å². The van der Waals surface area contributed by atoms with Crippen LogP contribution in [0.4, 0.5) is 17.1 Å². The zero-order valence-electron chi connectivity index (χ0n) is 49.9. The molecule has 11 rings (SSSR count). The molecule has 70 heavy (non-hydrogen) atoms. The molecule has 0 bridgehead atoms. The second-order valence-corrected chi connectivity index (χ2v) is 18.9. The molecule has 348 valence electrons. The van der Waals surface area contributed by atoms with Crippen molar-refractivity contribution in [3.8, 4) is 39.4 Å². The van der Waals surface area contributed by atoms with Crippen molar-refractivity contribution >= 4 is 49.9 Å². The molecule has 0 saturated carbocycles. The molecule has 0 N–H and O–H groups in total. The third kappa shape index (κ3) is 8.26. The van der Waals surface area contributed by atoms with Crippen molar-refractivity contribution in [2.75, 3.05) is 4.90 Å². The van der Waals surface area contributed by atoms with E-state index in [0.29, 0.717) is 22.4 Å². The third-order valence-electron chi connectivity index (χ3n) is 12.8. The normalized spacial score (nSPS) is 13.8. The van der Waals surface area contributed by atoms with E-state index < -0.39 is 60.4 Å². The molecule has 0 unspecified atom stereocenters. The molecule has 5 nitrogen and oxygen atoms in total. The molecule has 8 aromatic carbocycles. The summed E-state index contributed by atoms with van der Waals surface area (Å²) in [6.45, 7) is 15.4. The number of pyridine rings is 1. The number of anilines is 3. The van der Waals surface area contributed by atoms with E-state index in [4.69, 9.17) is 18.7 Å². The zero-order valence-corrected chi connectivity index (χ0v) is 42.2. The van der Waals surface area contributed by atoms with Gasteiger partial charge in [-0.1, -0.05) is 205 Å². The minimum absolute atomic E-state index is 0. The minimum Gasteiger partial charge on any atom is -0.358 e. The Kier molecular flexibility index (Phi) is 9.63. The average Bonchev–Trinajstić information content (AvgIpc) is 4.20. The smallest absolute Gasteiger partial charge is 0.268 e. The van der Waals surface area contributed by atoms with Crippen molar-refractivity contribution in [3.05, 3.63) is 229 Å². The molecule has 11 aromatic rings. The van der Waals surface area contributed by atoms with Crippen molar-refractivity contribution in [1.82, 2.24) is 14.1 Å². The standard InChI is InChI=1S/C64H55N5.Pt/c1-43(2)51-28-19-29-52(44(3)4)63(51)68(50-35-36-56-55-27-14-15-32-57(55)69(60(56)41-50)61-39-47(37-38-65-61)64(5,6)7)49-26-18-25-48(40-49)66-42-67(59-34-17-16-33-58(59)66)62-53(45-21-10-8-11-22-45)30-20-31-54(62)46-23-12-9-13-24-46;/h8-39,43-44H,1-7H3;/q-2;/i8D,9D,10D,11D,12D,13D,21D,22D,23D,24D;. The van der Waals surface area contributed by atoms with Crippen LogP contribution in [0.15, 0.2) is 194 Å². The Morgan fingerprint density at radius 3 is 1.87 bits per heavy atom. The van der Waals surface area contributed by atoms with Gasteiger partial charge in [0.15, 0.2) is 0 Å². The van der Waals surface area contributed by atoms with Gasteiger partial charge in [0, 0.05) is 38.5 Å². The summed E-state index contributed by atoms with van der Waals surface area (Å²) < 4.78 is 94.0. The van der Waals surface area contributed by atoms with E-state index in [1.165, 1.54) is 0 Å². The Morgan fingerprint density at radius 2 is 1.21 bits per heavy atom. The second-order valence-electron chi connectivity index (χ2n) is 18.9. The topological polar surface area (TPSA) is 29.9 Å². The molecule has 0 radical (unpaired) electrons. The van der Waals surface area contributed by atoms with Crippen molar-refractivity contribution in [2.45, 2.75) is 65.7 Å². The van der Waals surface area contributed by atoms with Gasteiger partial charge in [-0.15, -0.1) is 23.6 Å². The molecular formula is C64H55N5Pt-2. The van der Waals surface area contributed by atoms with Gasteiger partial charge in [-0.25, -0.2) is 4.98 Å². The monoisotopic (exact) mass is 1100 g/mol. The van der Waals surface area contributed by atoms with Crippen LogP contribution in [0.1, 0.15) is 90.7 Å². The molecule has 0 aliphatic carbocycles. The fourth-order valence-electron chi connectivity index (χ4n) is 9.47. The molecule has 0 atom stereocenters. The van der Waals surface area contributed by atoms with E-state index in [1.807, 2.05) is 59.3 Å². The Hall–Kier alpha value is -7.33. The van der Waals surface area contributed by atoms with Crippen molar-refractivity contribution < 1.29 is 39.3 Å². The number of hydrogen-bond acceptors (Lipinski definition) is 2. The van der Waals surface area contributed by atoms with Gasteiger partial charge in [-0.3, -0.25) is 4.57 Å². The molecule has 0 aliphatic rings. The number of fused-ring (bicyclic) bond motifs is 4. The molecule has 3 aromatic heterocycles. The number of aromatic nitrogens is 4. The summed E-state index contributed by atoms with van der Waals surface area (Å²) in [6, 6.07) is 44.1. The number of nitrogens with zero attached hydrogens (tertiary/aromatic N) is 5. The quantitative estimate of drug-likeness (QED) is 0.101. The maximum absolute atomic E-state index is 9.17. The number of imidazole rings is 1. The first-order chi connectivity index (χ1) is 37.7. The van der Waals surface area contributed by atoms with Gasteiger partial charge in [-0.2, -0.15) is 24.3 Å². The van der Waals surface area contributed by atoms with Crippen molar-refractivity contribution in [3.63, 3.8) is 0 Å². The fraction of sp³-hybridized carbons (Fsp3) is 0.156. The van der Waals surface area contributed by atoms with Crippen LogP contribution in [0, 0.1) is 18.5 Å². The maximum atomic E-state index is 9.17. The van der Waals surface area contributed by atoms with Crippen molar-refractivity contribution in [2.24, 2.45) is 0 Å². The summed E-state index contributed by atoms with van der Waals surface area (Å²) in [7, 11) is 0. The van der Waals surface area contributed by atoms with Crippen LogP contribution in [0.3, 0.4) is 0 Å². The molecular weight excluding hydrogens is 1030 g/mol. The van der Waals surface area contributed by atoms with E-state index in [9.17, 15) is 0 Å². The van der Waals surface area contributed by atoms with Gasteiger partial charge in [-0.05, 0) is 85.5 Å². The average molecular weight is 1100 g/mol. The van der Waals surface area contributed by atoms with E-state index in [-0.39, 0.29) is 66.3 Å². The van der Waals surface area contributed by atoms with Gasteiger partial charge < -0.3 is 14.0 Å². The summed E-state index contributed by atoms with van der Waals surface area (Å²) in [5, 5.41) is 2.09. The van der Waals surface area contributed by atoms with Crippen LogP contribution in [0.2, 0.25) is 0 Å². The first kappa shape index (κ1) is 35.7. The molecule has 0 aliphatic heterocycles. The van der Waals surface area contributed by atoms with Crippen LogP contribution in [-0.4, -0.2) is 14.1 Å². The third-order valence-corrected chi connectivity index (χ3v) is 12.8. The first-order valence-electron chi connectivity index (χ1n) is 28.3. The summed E-state index contributed by atoms with van der Waals surface area (Å²) in [4.78, 5) is 7.20. The Bertz CT molecular complexity index is 4120. The molecule has 0 fully saturated rings. The number of hydrogen-bond donors (Lipinski definition) is 0. The summed E-state index contributed by atoms with van der Waals surface area (Å²) in [5.74, 6) is 1.00. The molecule has 0 amide bonds. The fourth-order valence-corrected chi connectivity index (χ4v) is 9.47. The molecule has 0 spiro atoms. The molecule has 3 heterocycles. The Morgan fingerprint density at radius 1 is 0.614 bits per heavy atom. The number of rotatable bonds is 10. The number of para-hydroxylation sites is 5. The summed E-state index contributed by atoms with van der Waals surface area (Å²) in [5.41, 5.74) is 9.56. The zero-order chi connectivity index (χ0) is 56.1. The predicted octanol–water partition coefficient (Wildman–Crippen LogP) is 16.1. The Balaban J connectivity index is 0.00000720. The van der Waals surface area contributed by atoms with E-state index >= 15 is 0 Å².